The molecule has 0 aliphatic carbocycles. The van der Waals surface area contributed by atoms with Crippen molar-refractivity contribution in [1.82, 2.24) is 9.97 Å². The number of anilines is 1. The van der Waals surface area contributed by atoms with Crippen molar-refractivity contribution in [1.29, 1.82) is 0 Å². The van der Waals surface area contributed by atoms with Gasteiger partial charge in [0.2, 0.25) is 5.82 Å². The zero-order valence-corrected chi connectivity index (χ0v) is 13.9. The minimum absolute atomic E-state index is 0.150. The van der Waals surface area contributed by atoms with Gasteiger partial charge in [-0.3, -0.25) is 10.1 Å². The third kappa shape index (κ3) is 4.02. The second-order valence-electron chi connectivity index (χ2n) is 5.04. The number of hydrogen-bond donors (Lipinski definition) is 1. The first-order valence-electron chi connectivity index (χ1n) is 7.40. The van der Waals surface area contributed by atoms with Crippen molar-refractivity contribution in [2.75, 3.05) is 5.73 Å². The smallest absolute Gasteiger partial charge is 0.336 e. The third-order valence-corrected chi connectivity index (χ3v) is 4.44. The summed E-state index contributed by atoms with van der Waals surface area (Å²) in [6, 6.07) is 19.4. The summed E-state index contributed by atoms with van der Waals surface area (Å²) in [5, 5.41) is 11.3. The molecule has 1 aromatic heterocycles. The molecule has 0 bridgehead atoms. The average molecular weight is 350 g/mol. The second kappa shape index (κ2) is 7.59. The molecule has 2 aromatic carbocycles. The first-order chi connectivity index (χ1) is 12.1. The fourth-order valence-electron chi connectivity index (χ4n) is 2.21. The van der Waals surface area contributed by atoms with Crippen molar-refractivity contribution in [3.05, 3.63) is 88.4 Å². The third-order valence-electron chi connectivity index (χ3n) is 3.36. The van der Waals surface area contributed by atoms with Crippen LogP contribution < -0.4 is 5.73 Å². The van der Waals surface area contributed by atoms with Crippen molar-refractivity contribution >= 4 is 34.2 Å². The van der Waals surface area contributed by atoms with Crippen LogP contribution in [0.25, 0.3) is 11.0 Å². The summed E-state index contributed by atoms with van der Waals surface area (Å²) in [4.78, 5) is 20.4. The van der Waals surface area contributed by atoms with Crippen LogP contribution in [0, 0.1) is 10.1 Å². The van der Waals surface area contributed by atoms with Crippen molar-refractivity contribution in [2.45, 2.75) is 4.90 Å². The van der Waals surface area contributed by atoms with Crippen LogP contribution in [-0.2, 0) is 0 Å². The molecular formula is C18H14N4O2S. The topological polar surface area (TPSA) is 94.9 Å². The van der Waals surface area contributed by atoms with Crippen LogP contribution in [0.2, 0.25) is 0 Å². The summed E-state index contributed by atoms with van der Waals surface area (Å²) < 4.78 is 0. The van der Waals surface area contributed by atoms with E-state index in [1.807, 2.05) is 60.7 Å². The van der Waals surface area contributed by atoms with E-state index in [-0.39, 0.29) is 17.2 Å². The summed E-state index contributed by atoms with van der Waals surface area (Å²) in [7, 11) is 0. The van der Waals surface area contributed by atoms with Gasteiger partial charge in [0.15, 0.2) is 0 Å². The van der Waals surface area contributed by atoms with Gasteiger partial charge in [-0.15, -0.1) is 0 Å². The maximum Gasteiger partial charge on any atom is 0.336 e. The molecule has 1 heterocycles. The van der Waals surface area contributed by atoms with Gasteiger partial charge in [-0.05, 0) is 23.8 Å². The quantitative estimate of drug-likeness (QED) is 0.420. The Labute approximate surface area is 148 Å². The fourth-order valence-corrected chi connectivity index (χ4v) is 3.18. The molecule has 3 rings (SSSR count). The molecule has 7 heteroatoms. The van der Waals surface area contributed by atoms with Gasteiger partial charge in [-0.2, -0.15) is 0 Å². The van der Waals surface area contributed by atoms with Gasteiger partial charge in [0.05, 0.1) is 4.92 Å². The zero-order valence-electron chi connectivity index (χ0n) is 13.1. The SMILES string of the molecule is Nc1ncnc(/C=C(\Sc2ccccc2)c2ccccc2)c1[N+](=O)[O-]. The maximum absolute atomic E-state index is 11.3. The molecule has 0 radical (unpaired) electrons. The van der Waals surface area contributed by atoms with Gasteiger partial charge >= 0.3 is 5.69 Å². The Balaban J connectivity index is 2.11. The molecule has 6 nitrogen and oxygen atoms in total. The van der Waals surface area contributed by atoms with E-state index in [4.69, 9.17) is 5.73 Å². The Morgan fingerprint density at radius 1 is 1.04 bits per heavy atom. The first kappa shape index (κ1) is 16.7. The molecule has 0 saturated heterocycles. The van der Waals surface area contributed by atoms with Gasteiger partial charge in [0.25, 0.3) is 0 Å². The summed E-state index contributed by atoms with van der Waals surface area (Å²) >= 11 is 1.50. The van der Waals surface area contributed by atoms with Crippen molar-refractivity contribution in [2.24, 2.45) is 0 Å². The molecule has 3 aromatic rings. The number of aromatic nitrogens is 2. The lowest BCUT2D eigenvalue weighted by atomic mass is 10.2. The highest BCUT2D eigenvalue weighted by atomic mass is 32.2. The van der Waals surface area contributed by atoms with Gasteiger partial charge < -0.3 is 5.73 Å². The lowest BCUT2D eigenvalue weighted by Crippen LogP contribution is -2.02. The summed E-state index contributed by atoms with van der Waals surface area (Å²) in [5.41, 5.74) is 6.49. The Morgan fingerprint density at radius 3 is 2.32 bits per heavy atom. The number of nitrogens with two attached hydrogens (primary N) is 1. The van der Waals surface area contributed by atoms with Crippen LogP contribution >= 0.6 is 11.8 Å². The molecular weight excluding hydrogens is 336 g/mol. The van der Waals surface area contributed by atoms with Crippen LogP contribution in [0.1, 0.15) is 11.3 Å². The van der Waals surface area contributed by atoms with E-state index in [0.717, 1.165) is 15.4 Å². The Morgan fingerprint density at radius 2 is 1.68 bits per heavy atom. The van der Waals surface area contributed by atoms with E-state index in [1.54, 1.807) is 6.08 Å². The lowest BCUT2D eigenvalue weighted by molar-refractivity contribution is -0.384. The highest BCUT2D eigenvalue weighted by molar-refractivity contribution is 8.08. The standard InChI is InChI=1S/C18H14N4O2S/c19-18-17(22(23)24)15(20-12-21-18)11-16(13-7-3-1-4-8-13)25-14-9-5-2-6-10-14/h1-12H,(H2,19,20,21)/b16-11-. The Hall–Kier alpha value is -3.19. The highest BCUT2D eigenvalue weighted by Crippen LogP contribution is 2.37. The van der Waals surface area contributed by atoms with E-state index in [9.17, 15) is 10.1 Å². The normalized spacial score (nSPS) is 11.3. The Bertz CT molecular complexity index is 915. The molecule has 0 aliphatic rings. The van der Waals surface area contributed by atoms with E-state index >= 15 is 0 Å². The molecule has 0 spiro atoms. The number of nitrogens with zero attached hydrogens (tertiary/aromatic N) is 3. The van der Waals surface area contributed by atoms with E-state index in [0.29, 0.717) is 0 Å². The first-order valence-corrected chi connectivity index (χ1v) is 8.21. The van der Waals surface area contributed by atoms with Crippen LogP contribution in [0.4, 0.5) is 11.5 Å². The van der Waals surface area contributed by atoms with Crippen LogP contribution in [0.3, 0.4) is 0 Å². The predicted octanol–water partition coefficient (Wildman–Crippen LogP) is 4.26. The molecule has 0 amide bonds. The van der Waals surface area contributed by atoms with E-state index < -0.39 is 4.92 Å². The van der Waals surface area contributed by atoms with E-state index in [1.165, 1.54) is 18.1 Å². The molecule has 0 saturated carbocycles. The summed E-state index contributed by atoms with van der Waals surface area (Å²) in [5.74, 6) is -0.150. The maximum atomic E-state index is 11.3. The minimum atomic E-state index is -0.559. The van der Waals surface area contributed by atoms with E-state index in [2.05, 4.69) is 9.97 Å². The van der Waals surface area contributed by atoms with Crippen LogP contribution in [0.15, 0.2) is 71.9 Å². The van der Waals surface area contributed by atoms with Crippen LogP contribution in [-0.4, -0.2) is 14.9 Å². The number of nitrogen functional groups attached to an aromatic ring is 1. The van der Waals surface area contributed by atoms with Crippen LogP contribution in [0.5, 0.6) is 0 Å². The second-order valence-corrected chi connectivity index (χ2v) is 6.15. The number of rotatable bonds is 5. The van der Waals surface area contributed by atoms with Crippen molar-refractivity contribution in [3.63, 3.8) is 0 Å². The van der Waals surface area contributed by atoms with Gasteiger partial charge in [-0.1, -0.05) is 60.3 Å². The molecule has 2 N–H and O–H groups in total. The fraction of sp³-hybridized carbons (Fsp3) is 0. The Kier molecular flexibility index (Phi) is 5.06. The van der Waals surface area contributed by atoms with Crippen molar-refractivity contribution in [3.8, 4) is 0 Å². The largest absolute Gasteiger partial charge is 0.378 e. The molecule has 0 atom stereocenters. The number of benzene rings is 2. The van der Waals surface area contributed by atoms with Gasteiger partial charge in [-0.25, -0.2) is 9.97 Å². The predicted molar refractivity (Wildman–Crippen MR) is 99.7 cm³/mol. The molecule has 0 fully saturated rings. The zero-order chi connectivity index (χ0) is 17.6. The van der Waals surface area contributed by atoms with Crippen molar-refractivity contribution < 1.29 is 4.92 Å². The molecule has 25 heavy (non-hydrogen) atoms. The summed E-state index contributed by atoms with van der Waals surface area (Å²) in [6.07, 6.45) is 2.90. The highest BCUT2D eigenvalue weighted by Gasteiger charge is 2.20. The monoisotopic (exact) mass is 350 g/mol. The molecule has 0 unspecified atom stereocenters. The number of thioether (sulfide) groups is 1. The average Bonchev–Trinajstić information content (AvgIpc) is 2.62. The number of nitro groups is 1. The molecule has 124 valence electrons. The van der Waals surface area contributed by atoms with Gasteiger partial charge in [0.1, 0.15) is 12.0 Å². The minimum Gasteiger partial charge on any atom is -0.378 e. The lowest BCUT2D eigenvalue weighted by Gasteiger charge is -2.08. The molecule has 0 aliphatic heterocycles. The number of hydrogen-bond acceptors (Lipinski definition) is 6. The summed E-state index contributed by atoms with van der Waals surface area (Å²) in [6.45, 7) is 0. The van der Waals surface area contributed by atoms with Gasteiger partial charge in [0, 0.05) is 9.80 Å².